The molecule has 0 unspecified atom stereocenters. The molecule has 1 aromatic carbocycles. The molecule has 2 amide bonds. The molecular formula is C13H11Cl2N3O2. The average Bonchev–Trinajstić information content (AvgIpc) is 2.86. The summed E-state index contributed by atoms with van der Waals surface area (Å²) in [5, 5.41) is 8.23. The molecule has 0 saturated carbocycles. The lowest BCUT2D eigenvalue weighted by atomic mass is 9.95. The van der Waals surface area contributed by atoms with Crippen molar-refractivity contribution in [1.29, 1.82) is 0 Å². The smallest absolute Gasteiger partial charge is 0.264 e. The normalized spacial score (nSPS) is 28.9. The Bertz CT molecular complexity index is 647. The molecule has 20 heavy (non-hydrogen) atoms. The molecule has 1 spiro atoms. The number of benzene rings is 1. The lowest BCUT2D eigenvalue weighted by Crippen LogP contribution is -2.38. The molecular weight excluding hydrogens is 301 g/mol. The van der Waals surface area contributed by atoms with E-state index in [9.17, 15) is 9.59 Å². The number of hydrogen-bond donors (Lipinski definition) is 0. The predicted molar refractivity (Wildman–Crippen MR) is 75.1 cm³/mol. The van der Waals surface area contributed by atoms with Crippen molar-refractivity contribution in [2.75, 3.05) is 4.90 Å². The van der Waals surface area contributed by atoms with Crippen molar-refractivity contribution in [2.24, 2.45) is 10.2 Å². The van der Waals surface area contributed by atoms with Crippen LogP contribution in [0.1, 0.15) is 18.4 Å². The summed E-state index contributed by atoms with van der Waals surface area (Å²) in [5.41, 5.74) is -0.333. The molecule has 5 nitrogen and oxygen atoms in total. The molecule has 0 aromatic heterocycles. The van der Waals surface area contributed by atoms with Crippen LogP contribution < -0.4 is 4.90 Å². The van der Waals surface area contributed by atoms with Gasteiger partial charge in [0, 0.05) is 11.4 Å². The fraction of sp³-hybridized carbons (Fsp3) is 0.385. The summed E-state index contributed by atoms with van der Waals surface area (Å²) in [4.78, 5) is 25.8. The van der Waals surface area contributed by atoms with Gasteiger partial charge in [-0.05, 0) is 24.6 Å². The number of anilines is 1. The van der Waals surface area contributed by atoms with Crippen molar-refractivity contribution in [3.63, 3.8) is 0 Å². The lowest BCUT2D eigenvalue weighted by molar-refractivity contribution is -0.122. The Labute approximate surface area is 125 Å². The monoisotopic (exact) mass is 311 g/mol. The van der Waals surface area contributed by atoms with Gasteiger partial charge in [-0.25, -0.2) is 4.90 Å². The van der Waals surface area contributed by atoms with Gasteiger partial charge in [0.05, 0.1) is 12.1 Å². The highest BCUT2D eigenvalue weighted by molar-refractivity contribution is 6.32. The summed E-state index contributed by atoms with van der Waals surface area (Å²) in [5.74, 6) is -0.686. The van der Waals surface area contributed by atoms with Crippen molar-refractivity contribution < 1.29 is 9.59 Å². The van der Waals surface area contributed by atoms with Crippen LogP contribution in [0.15, 0.2) is 28.4 Å². The third-order valence-corrected chi connectivity index (χ3v) is 4.24. The van der Waals surface area contributed by atoms with Crippen LogP contribution in [0.3, 0.4) is 0 Å². The van der Waals surface area contributed by atoms with Crippen molar-refractivity contribution in [3.8, 4) is 0 Å². The van der Waals surface area contributed by atoms with E-state index in [0.29, 0.717) is 10.7 Å². The van der Waals surface area contributed by atoms with Gasteiger partial charge in [0.1, 0.15) is 5.50 Å². The summed E-state index contributed by atoms with van der Waals surface area (Å²) in [6.45, 7) is 1.85. The van der Waals surface area contributed by atoms with Gasteiger partial charge < -0.3 is 0 Å². The van der Waals surface area contributed by atoms with Crippen LogP contribution in [-0.4, -0.2) is 22.9 Å². The number of amides is 2. The van der Waals surface area contributed by atoms with E-state index in [1.54, 1.807) is 18.2 Å². The number of hydrogen-bond acceptors (Lipinski definition) is 4. The van der Waals surface area contributed by atoms with E-state index in [4.69, 9.17) is 23.2 Å². The topological polar surface area (TPSA) is 62.1 Å². The van der Waals surface area contributed by atoms with Crippen LogP contribution in [-0.2, 0) is 9.59 Å². The number of rotatable bonds is 1. The van der Waals surface area contributed by atoms with Gasteiger partial charge in [-0.3, -0.25) is 9.59 Å². The standard InChI is InChI=1S/C13H11Cl2N3O2/c1-7-2-3-8(4-9(7)14)18-11(19)6-13(12(18)20)5-10(15)16-17-13/h2-4,10H,5-6H2,1H3/t10-,13+/m1/s1. The van der Waals surface area contributed by atoms with E-state index in [1.807, 2.05) is 6.92 Å². The highest BCUT2D eigenvalue weighted by Crippen LogP contribution is 2.41. The Hall–Kier alpha value is -1.46. The maximum Gasteiger partial charge on any atom is 0.264 e. The first kappa shape index (κ1) is 13.5. The number of carbonyl (C=O) groups excluding carboxylic acids is 2. The second kappa shape index (κ2) is 4.53. The molecule has 2 atom stereocenters. The quantitative estimate of drug-likeness (QED) is 0.454. The zero-order chi connectivity index (χ0) is 14.5. The summed E-state index contributed by atoms with van der Waals surface area (Å²) < 4.78 is 0. The second-order valence-electron chi connectivity index (χ2n) is 5.03. The fourth-order valence-electron chi connectivity index (χ4n) is 2.48. The number of azo groups is 1. The Morgan fingerprint density at radius 3 is 2.75 bits per heavy atom. The zero-order valence-corrected chi connectivity index (χ0v) is 12.1. The van der Waals surface area contributed by atoms with Crippen molar-refractivity contribution in [2.45, 2.75) is 30.8 Å². The Balaban J connectivity index is 1.99. The van der Waals surface area contributed by atoms with Crippen LogP contribution in [0.4, 0.5) is 5.69 Å². The zero-order valence-electron chi connectivity index (χ0n) is 10.6. The molecule has 104 valence electrons. The van der Waals surface area contributed by atoms with Gasteiger partial charge in [0.2, 0.25) is 5.91 Å². The lowest BCUT2D eigenvalue weighted by Gasteiger charge is -2.18. The number of imide groups is 1. The van der Waals surface area contributed by atoms with Gasteiger partial charge >= 0.3 is 0 Å². The first-order chi connectivity index (χ1) is 9.43. The number of alkyl halides is 1. The van der Waals surface area contributed by atoms with Gasteiger partial charge in [0.15, 0.2) is 5.54 Å². The Kier molecular flexibility index (Phi) is 3.06. The molecule has 2 aliphatic heterocycles. The van der Waals surface area contributed by atoms with Crippen LogP contribution in [0.5, 0.6) is 0 Å². The average molecular weight is 312 g/mol. The van der Waals surface area contributed by atoms with Crippen LogP contribution in [0.25, 0.3) is 0 Å². The van der Waals surface area contributed by atoms with Gasteiger partial charge in [-0.2, -0.15) is 10.2 Å². The maximum absolute atomic E-state index is 12.5. The Morgan fingerprint density at radius 2 is 2.15 bits per heavy atom. The van der Waals surface area contributed by atoms with E-state index in [-0.39, 0.29) is 24.7 Å². The van der Waals surface area contributed by atoms with Crippen LogP contribution in [0, 0.1) is 6.92 Å². The summed E-state index contributed by atoms with van der Waals surface area (Å²) in [6, 6.07) is 5.07. The minimum Gasteiger partial charge on any atom is -0.274 e. The number of aryl methyl sites for hydroxylation is 1. The second-order valence-corrected chi connectivity index (χ2v) is 5.94. The van der Waals surface area contributed by atoms with E-state index in [1.165, 1.54) is 0 Å². The molecule has 2 heterocycles. The molecule has 7 heteroatoms. The Morgan fingerprint density at radius 1 is 1.40 bits per heavy atom. The third-order valence-electron chi connectivity index (χ3n) is 3.59. The number of halogens is 2. The minimum atomic E-state index is -1.12. The largest absolute Gasteiger partial charge is 0.274 e. The molecule has 0 aliphatic carbocycles. The fourth-order valence-corrected chi connectivity index (χ4v) is 2.95. The molecule has 1 fully saturated rings. The van der Waals surface area contributed by atoms with Crippen molar-refractivity contribution >= 4 is 40.7 Å². The predicted octanol–water partition coefficient (Wildman–Crippen LogP) is 3.07. The molecule has 1 aromatic rings. The van der Waals surface area contributed by atoms with Gasteiger partial charge in [0.25, 0.3) is 5.91 Å². The maximum atomic E-state index is 12.5. The SMILES string of the molecule is Cc1ccc(N2C(=O)C[C@@]3(C[C@H](Cl)N=N3)C2=O)cc1Cl. The number of carbonyl (C=O) groups is 2. The molecule has 0 radical (unpaired) electrons. The molecule has 3 rings (SSSR count). The van der Waals surface area contributed by atoms with Gasteiger partial charge in [-0.1, -0.05) is 29.3 Å². The number of nitrogens with zero attached hydrogens (tertiary/aromatic N) is 3. The first-order valence-electron chi connectivity index (χ1n) is 6.13. The molecule has 0 bridgehead atoms. The summed E-state index contributed by atoms with van der Waals surface area (Å²) in [7, 11) is 0. The molecule has 2 aliphatic rings. The first-order valence-corrected chi connectivity index (χ1v) is 6.94. The summed E-state index contributed by atoms with van der Waals surface area (Å²) in [6.07, 6.45) is 0.263. The van der Waals surface area contributed by atoms with E-state index in [0.717, 1.165) is 10.5 Å². The minimum absolute atomic E-state index is 0.00402. The molecule has 1 saturated heterocycles. The van der Waals surface area contributed by atoms with E-state index >= 15 is 0 Å². The van der Waals surface area contributed by atoms with Crippen molar-refractivity contribution in [3.05, 3.63) is 28.8 Å². The highest BCUT2D eigenvalue weighted by Gasteiger charge is 2.56. The van der Waals surface area contributed by atoms with E-state index in [2.05, 4.69) is 10.2 Å². The van der Waals surface area contributed by atoms with Gasteiger partial charge in [-0.15, -0.1) is 0 Å². The highest BCUT2D eigenvalue weighted by atomic mass is 35.5. The van der Waals surface area contributed by atoms with Crippen LogP contribution in [0.2, 0.25) is 5.02 Å². The molecule has 0 N–H and O–H groups in total. The van der Waals surface area contributed by atoms with Crippen LogP contribution >= 0.6 is 23.2 Å². The van der Waals surface area contributed by atoms with E-state index < -0.39 is 11.0 Å². The van der Waals surface area contributed by atoms with Crippen molar-refractivity contribution in [1.82, 2.24) is 0 Å². The summed E-state index contributed by atoms with van der Waals surface area (Å²) >= 11 is 11.9. The third kappa shape index (κ3) is 1.93.